The molecule has 1 aromatic carbocycles. The topological polar surface area (TPSA) is 81.8 Å². The lowest BCUT2D eigenvalue weighted by molar-refractivity contribution is -0.385. The molecule has 0 aliphatic rings. The summed E-state index contributed by atoms with van der Waals surface area (Å²) in [5.41, 5.74) is 0.0476. The minimum Gasteiger partial charge on any atom is -0.541 e. The molecule has 0 saturated heterocycles. The quantitative estimate of drug-likeness (QED) is 0.511. The SMILES string of the molecule is COc1cc(CO)c([N+](=O)[O-])cc1O[Si](C)(C)C(C)(C)C. The molecule has 1 aromatic rings. The third kappa shape index (κ3) is 3.73. The maximum absolute atomic E-state index is 11.1. The van der Waals surface area contributed by atoms with Crippen molar-refractivity contribution >= 4 is 14.0 Å². The first kappa shape index (κ1) is 17.4. The average Bonchev–Trinajstić information content (AvgIpc) is 2.36. The zero-order chi connectivity index (χ0) is 16.4. The maximum atomic E-state index is 11.1. The summed E-state index contributed by atoms with van der Waals surface area (Å²) in [7, 11) is -0.671. The van der Waals surface area contributed by atoms with E-state index >= 15 is 0 Å². The summed E-state index contributed by atoms with van der Waals surface area (Å²) in [5, 5.41) is 20.3. The molecule has 0 aliphatic carbocycles. The number of aliphatic hydroxyl groups is 1. The highest BCUT2D eigenvalue weighted by atomic mass is 28.4. The zero-order valence-electron chi connectivity index (χ0n) is 13.4. The number of benzene rings is 1. The minimum absolute atomic E-state index is 0.0392. The smallest absolute Gasteiger partial charge is 0.278 e. The summed E-state index contributed by atoms with van der Waals surface area (Å²) in [5.74, 6) is 0.752. The summed E-state index contributed by atoms with van der Waals surface area (Å²) in [6.07, 6.45) is 0. The highest BCUT2D eigenvalue weighted by Gasteiger charge is 2.40. The van der Waals surface area contributed by atoms with Crippen LogP contribution in [0.4, 0.5) is 5.69 Å². The molecule has 1 N–H and O–H groups in total. The Hall–Kier alpha value is -1.60. The van der Waals surface area contributed by atoms with Crippen molar-refractivity contribution in [1.82, 2.24) is 0 Å². The van der Waals surface area contributed by atoms with Crippen LogP contribution in [0.25, 0.3) is 0 Å². The van der Waals surface area contributed by atoms with Gasteiger partial charge in [-0.2, -0.15) is 0 Å². The van der Waals surface area contributed by atoms with Crippen molar-refractivity contribution in [3.05, 3.63) is 27.8 Å². The van der Waals surface area contributed by atoms with Crippen LogP contribution in [-0.4, -0.2) is 25.5 Å². The van der Waals surface area contributed by atoms with Crippen LogP contribution in [0.1, 0.15) is 26.3 Å². The summed E-state index contributed by atoms with van der Waals surface area (Å²) in [4.78, 5) is 10.6. The van der Waals surface area contributed by atoms with Gasteiger partial charge in [0.05, 0.1) is 30.3 Å². The van der Waals surface area contributed by atoms with Crippen LogP contribution in [0.5, 0.6) is 11.5 Å². The first-order chi connectivity index (χ1) is 9.53. The number of nitro benzene ring substituents is 1. The fraction of sp³-hybridized carbons (Fsp3) is 0.571. The Kier molecular flexibility index (Phi) is 5.01. The highest BCUT2D eigenvalue weighted by molar-refractivity contribution is 6.74. The molecule has 7 heteroatoms. The molecule has 0 radical (unpaired) electrons. The Bertz CT molecular complexity index is 537. The van der Waals surface area contributed by atoms with Crippen molar-refractivity contribution in [3.8, 4) is 11.5 Å². The van der Waals surface area contributed by atoms with Crippen LogP contribution in [0.3, 0.4) is 0 Å². The molecular formula is C14H23NO5Si. The Balaban J connectivity index is 3.35. The van der Waals surface area contributed by atoms with Crippen LogP contribution < -0.4 is 9.16 Å². The fourth-order valence-corrected chi connectivity index (χ4v) is 2.57. The molecule has 0 aromatic heterocycles. The van der Waals surface area contributed by atoms with Gasteiger partial charge in [0.2, 0.25) is 0 Å². The zero-order valence-corrected chi connectivity index (χ0v) is 14.4. The van der Waals surface area contributed by atoms with Gasteiger partial charge in [0, 0.05) is 0 Å². The van der Waals surface area contributed by atoms with Crippen molar-refractivity contribution in [2.45, 2.75) is 45.5 Å². The third-order valence-electron chi connectivity index (χ3n) is 3.90. The second-order valence-electron chi connectivity index (χ2n) is 6.41. The molecule has 0 amide bonds. The summed E-state index contributed by atoms with van der Waals surface area (Å²) in [6, 6.07) is 2.80. The lowest BCUT2D eigenvalue weighted by atomic mass is 10.1. The molecule has 0 fully saturated rings. The van der Waals surface area contributed by atoms with Gasteiger partial charge in [-0.15, -0.1) is 0 Å². The van der Waals surface area contributed by atoms with Crippen molar-refractivity contribution in [1.29, 1.82) is 0 Å². The number of hydrogen-bond acceptors (Lipinski definition) is 5. The van der Waals surface area contributed by atoms with Crippen molar-refractivity contribution in [3.63, 3.8) is 0 Å². The van der Waals surface area contributed by atoms with Gasteiger partial charge >= 0.3 is 0 Å². The van der Waals surface area contributed by atoms with Crippen LogP contribution in [0.15, 0.2) is 12.1 Å². The normalized spacial score (nSPS) is 12.1. The summed E-state index contributed by atoms with van der Waals surface area (Å²) >= 11 is 0. The standard InChI is InChI=1S/C14H23NO5Si/c1-14(2,3)21(5,6)20-13-8-11(15(17)18)10(9-16)7-12(13)19-4/h7-8,16H,9H2,1-6H3. The minimum atomic E-state index is -2.14. The average molecular weight is 313 g/mol. The molecule has 0 saturated carbocycles. The predicted octanol–water partition coefficient (Wildman–Crippen LogP) is 3.48. The highest BCUT2D eigenvalue weighted by Crippen LogP contribution is 2.42. The van der Waals surface area contributed by atoms with Gasteiger partial charge in [0.1, 0.15) is 0 Å². The van der Waals surface area contributed by atoms with Crippen LogP contribution >= 0.6 is 0 Å². The molecule has 0 atom stereocenters. The van der Waals surface area contributed by atoms with Gasteiger partial charge in [-0.3, -0.25) is 10.1 Å². The molecule has 0 aliphatic heterocycles. The number of hydrogen-bond donors (Lipinski definition) is 1. The maximum Gasteiger partial charge on any atom is 0.278 e. The molecule has 6 nitrogen and oxygen atoms in total. The van der Waals surface area contributed by atoms with Gasteiger partial charge in [0.25, 0.3) is 14.0 Å². The first-order valence-corrected chi connectivity index (χ1v) is 9.59. The number of aliphatic hydroxyl groups excluding tert-OH is 1. The van der Waals surface area contributed by atoms with E-state index in [2.05, 4.69) is 33.9 Å². The van der Waals surface area contributed by atoms with Gasteiger partial charge in [-0.25, -0.2) is 0 Å². The van der Waals surface area contributed by atoms with Gasteiger partial charge in [-0.1, -0.05) is 20.8 Å². The van der Waals surface area contributed by atoms with E-state index in [1.807, 2.05) is 0 Å². The molecule has 0 bridgehead atoms. The van der Waals surface area contributed by atoms with Crippen molar-refractivity contribution in [2.24, 2.45) is 0 Å². The lowest BCUT2D eigenvalue weighted by Gasteiger charge is -2.36. The Morgan fingerprint density at radius 2 is 1.86 bits per heavy atom. The fourth-order valence-electron chi connectivity index (χ4n) is 1.56. The van der Waals surface area contributed by atoms with E-state index in [-0.39, 0.29) is 16.3 Å². The van der Waals surface area contributed by atoms with E-state index in [0.29, 0.717) is 11.5 Å². The predicted molar refractivity (Wildman–Crippen MR) is 83.4 cm³/mol. The first-order valence-electron chi connectivity index (χ1n) is 6.68. The van der Waals surface area contributed by atoms with Gasteiger partial charge in [-0.05, 0) is 24.2 Å². The van der Waals surface area contributed by atoms with Gasteiger partial charge < -0.3 is 14.3 Å². The summed E-state index contributed by atoms with van der Waals surface area (Å²) < 4.78 is 11.4. The molecule has 1 rings (SSSR count). The number of ether oxygens (including phenoxy) is 1. The van der Waals surface area contributed by atoms with Crippen LogP contribution in [0, 0.1) is 10.1 Å². The third-order valence-corrected chi connectivity index (χ3v) is 8.25. The summed E-state index contributed by atoms with van der Waals surface area (Å²) in [6.45, 7) is 9.94. The van der Waals surface area contributed by atoms with E-state index < -0.39 is 19.8 Å². The van der Waals surface area contributed by atoms with E-state index in [1.54, 1.807) is 0 Å². The van der Waals surface area contributed by atoms with Crippen molar-refractivity contribution in [2.75, 3.05) is 7.11 Å². The molecule has 21 heavy (non-hydrogen) atoms. The van der Waals surface area contributed by atoms with E-state index in [4.69, 9.17) is 9.16 Å². The van der Waals surface area contributed by atoms with E-state index in [0.717, 1.165) is 0 Å². The molecule has 0 spiro atoms. The largest absolute Gasteiger partial charge is 0.541 e. The van der Waals surface area contributed by atoms with E-state index in [9.17, 15) is 15.2 Å². The number of nitro groups is 1. The number of rotatable bonds is 5. The van der Waals surface area contributed by atoms with Crippen molar-refractivity contribution < 1.29 is 19.2 Å². The lowest BCUT2D eigenvalue weighted by Crippen LogP contribution is -2.43. The second kappa shape index (κ2) is 6.03. The Morgan fingerprint density at radius 1 is 1.29 bits per heavy atom. The molecular weight excluding hydrogens is 290 g/mol. The molecule has 0 heterocycles. The van der Waals surface area contributed by atoms with Crippen LogP contribution in [0.2, 0.25) is 18.1 Å². The molecule has 0 unspecified atom stereocenters. The Morgan fingerprint density at radius 3 is 2.24 bits per heavy atom. The monoisotopic (exact) mass is 313 g/mol. The van der Waals surface area contributed by atoms with Crippen LogP contribution in [-0.2, 0) is 6.61 Å². The van der Waals surface area contributed by atoms with Gasteiger partial charge in [0.15, 0.2) is 11.5 Å². The van der Waals surface area contributed by atoms with E-state index in [1.165, 1.54) is 19.2 Å². The Labute approximate surface area is 126 Å². The molecule has 118 valence electrons. The second-order valence-corrected chi connectivity index (χ2v) is 11.1. The number of methoxy groups -OCH3 is 1. The number of nitrogens with zero attached hydrogens (tertiary/aromatic N) is 1.